The quantitative estimate of drug-likeness (QED) is 0.376. The minimum Gasteiger partial charge on any atom is -0.489 e. The van der Waals surface area contributed by atoms with Crippen molar-refractivity contribution in [3.05, 3.63) is 72.3 Å². The predicted molar refractivity (Wildman–Crippen MR) is 114 cm³/mol. The summed E-state index contributed by atoms with van der Waals surface area (Å²) in [4.78, 5) is 0. The molecule has 25 heavy (non-hydrogen) atoms. The minimum atomic E-state index is 0.490. The third kappa shape index (κ3) is 7.63. The SMILES string of the molecule is C=CCOc1cccc(NC(=S)NCCSCc2ccc(C)cc2)c1. The monoisotopic (exact) mass is 372 g/mol. The van der Waals surface area contributed by atoms with Gasteiger partial charge in [-0.2, -0.15) is 11.8 Å². The molecule has 0 aliphatic rings. The number of ether oxygens (including phenoxy) is 1. The highest BCUT2D eigenvalue weighted by Crippen LogP contribution is 2.17. The fourth-order valence-electron chi connectivity index (χ4n) is 2.11. The summed E-state index contributed by atoms with van der Waals surface area (Å²) in [5.41, 5.74) is 3.56. The van der Waals surface area contributed by atoms with Crippen molar-refractivity contribution in [2.24, 2.45) is 0 Å². The number of thioether (sulfide) groups is 1. The van der Waals surface area contributed by atoms with Crippen LogP contribution in [0.25, 0.3) is 0 Å². The molecule has 0 fully saturated rings. The molecule has 0 spiro atoms. The first-order valence-electron chi connectivity index (χ1n) is 8.19. The molecule has 0 heterocycles. The summed E-state index contributed by atoms with van der Waals surface area (Å²) in [5, 5.41) is 7.03. The molecule has 0 saturated carbocycles. The molecule has 0 saturated heterocycles. The fraction of sp³-hybridized carbons (Fsp3) is 0.250. The van der Waals surface area contributed by atoms with Crippen LogP contribution in [-0.4, -0.2) is 24.0 Å². The highest BCUT2D eigenvalue weighted by Gasteiger charge is 2.00. The zero-order valence-corrected chi connectivity index (χ0v) is 16.1. The standard InChI is InChI=1S/C20H24N2OS2/c1-3-12-23-19-6-4-5-18(14-19)22-20(24)21-11-13-25-15-17-9-7-16(2)8-10-17/h3-10,14H,1,11-13,15H2,2H3,(H2,21,22,24). The largest absolute Gasteiger partial charge is 0.489 e. The van der Waals surface area contributed by atoms with E-state index in [9.17, 15) is 0 Å². The van der Waals surface area contributed by atoms with E-state index in [1.165, 1.54) is 11.1 Å². The lowest BCUT2D eigenvalue weighted by Gasteiger charge is -2.11. The smallest absolute Gasteiger partial charge is 0.170 e. The molecule has 0 unspecified atom stereocenters. The zero-order valence-electron chi connectivity index (χ0n) is 14.5. The molecule has 132 valence electrons. The predicted octanol–water partition coefficient (Wildman–Crippen LogP) is 4.78. The Hall–Kier alpha value is -1.98. The van der Waals surface area contributed by atoms with Crippen molar-refractivity contribution in [2.45, 2.75) is 12.7 Å². The maximum Gasteiger partial charge on any atom is 0.170 e. The van der Waals surface area contributed by atoms with Gasteiger partial charge >= 0.3 is 0 Å². The van der Waals surface area contributed by atoms with E-state index < -0.39 is 0 Å². The maximum atomic E-state index is 5.51. The molecule has 0 radical (unpaired) electrons. The van der Waals surface area contributed by atoms with E-state index in [4.69, 9.17) is 17.0 Å². The van der Waals surface area contributed by atoms with E-state index in [0.29, 0.717) is 11.7 Å². The number of hydrogen-bond donors (Lipinski definition) is 2. The van der Waals surface area contributed by atoms with Gasteiger partial charge in [-0.25, -0.2) is 0 Å². The van der Waals surface area contributed by atoms with Crippen LogP contribution in [0.4, 0.5) is 5.69 Å². The summed E-state index contributed by atoms with van der Waals surface area (Å²) in [5.74, 6) is 2.81. The van der Waals surface area contributed by atoms with Crippen molar-refractivity contribution in [1.82, 2.24) is 5.32 Å². The highest BCUT2D eigenvalue weighted by atomic mass is 32.2. The zero-order chi connectivity index (χ0) is 17.9. The minimum absolute atomic E-state index is 0.490. The third-order valence-electron chi connectivity index (χ3n) is 3.38. The van der Waals surface area contributed by atoms with E-state index in [-0.39, 0.29) is 0 Å². The maximum absolute atomic E-state index is 5.51. The van der Waals surface area contributed by atoms with Gasteiger partial charge in [0.25, 0.3) is 0 Å². The van der Waals surface area contributed by atoms with Crippen LogP contribution in [0.5, 0.6) is 5.75 Å². The first-order valence-corrected chi connectivity index (χ1v) is 9.75. The molecule has 5 heteroatoms. The average molecular weight is 373 g/mol. The van der Waals surface area contributed by atoms with Gasteiger partial charge in [0, 0.05) is 29.8 Å². The Morgan fingerprint density at radius 3 is 2.80 bits per heavy atom. The van der Waals surface area contributed by atoms with E-state index in [1.807, 2.05) is 36.0 Å². The Kier molecular flexibility index (Phi) is 8.35. The molecule has 0 aliphatic heterocycles. The summed E-state index contributed by atoms with van der Waals surface area (Å²) < 4.78 is 5.51. The molecule has 0 aromatic heterocycles. The van der Waals surface area contributed by atoms with Crippen LogP contribution in [0.3, 0.4) is 0 Å². The second-order valence-corrected chi connectivity index (χ2v) is 7.06. The lowest BCUT2D eigenvalue weighted by Crippen LogP contribution is -2.30. The van der Waals surface area contributed by atoms with Crippen LogP contribution in [0.1, 0.15) is 11.1 Å². The summed E-state index contributed by atoms with van der Waals surface area (Å²) in [7, 11) is 0. The highest BCUT2D eigenvalue weighted by molar-refractivity contribution is 7.98. The molecule has 2 aromatic rings. The van der Waals surface area contributed by atoms with Gasteiger partial charge in [0.15, 0.2) is 5.11 Å². The first kappa shape index (κ1) is 19.3. The van der Waals surface area contributed by atoms with Crippen LogP contribution in [0, 0.1) is 6.92 Å². The Morgan fingerprint density at radius 2 is 2.04 bits per heavy atom. The number of nitrogens with one attached hydrogen (secondary N) is 2. The Morgan fingerprint density at radius 1 is 1.24 bits per heavy atom. The van der Waals surface area contributed by atoms with Gasteiger partial charge in [-0.3, -0.25) is 0 Å². The van der Waals surface area contributed by atoms with Gasteiger partial charge in [-0.15, -0.1) is 0 Å². The summed E-state index contributed by atoms with van der Waals surface area (Å²) in [6.07, 6.45) is 1.72. The Labute approximate surface area is 159 Å². The van der Waals surface area contributed by atoms with Crippen molar-refractivity contribution in [2.75, 3.05) is 24.2 Å². The Bertz CT molecular complexity index is 686. The number of benzene rings is 2. The van der Waals surface area contributed by atoms with E-state index >= 15 is 0 Å². The molecule has 0 amide bonds. The fourth-order valence-corrected chi connectivity index (χ4v) is 3.14. The number of rotatable bonds is 9. The summed E-state index contributed by atoms with van der Waals surface area (Å²) in [6, 6.07) is 16.4. The summed E-state index contributed by atoms with van der Waals surface area (Å²) >= 11 is 7.23. The molecular formula is C20H24N2OS2. The second-order valence-electron chi connectivity index (χ2n) is 5.55. The second kappa shape index (κ2) is 10.8. The molecule has 0 aliphatic carbocycles. The van der Waals surface area contributed by atoms with Crippen LogP contribution in [0.15, 0.2) is 61.2 Å². The van der Waals surface area contributed by atoms with Crippen LogP contribution in [0.2, 0.25) is 0 Å². The molecule has 0 bridgehead atoms. The van der Waals surface area contributed by atoms with E-state index in [1.54, 1.807) is 6.08 Å². The number of aryl methyl sites for hydroxylation is 1. The molecule has 2 aromatic carbocycles. The van der Waals surface area contributed by atoms with Crippen LogP contribution in [-0.2, 0) is 5.75 Å². The average Bonchev–Trinajstić information content (AvgIpc) is 2.61. The van der Waals surface area contributed by atoms with Gasteiger partial charge in [0.1, 0.15) is 12.4 Å². The number of anilines is 1. The summed E-state index contributed by atoms with van der Waals surface area (Å²) in [6.45, 7) is 7.07. The van der Waals surface area contributed by atoms with Crippen molar-refractivity contribution >= 4 is 34.8 Å². The Balaban J connectivity index is 1.65. The molecular weight excluding hydrogens is 348 g/mol. The topological polar surface area (TPSA) is 33.3 Å². The number of hydrogen-bond acceptors (Lipinski definition) is 3. The van der Waals surface area contributed by atoms with Crippen molar-refractivity contribution in [3.8, 4) is 5.75 Å². The van der Waals surface area contributed by atoms with Gasteiger partial charge in [-0.1, -0.05) is 48.6 Å². The lowest BCUT2D eigenvalue weighted by molar-refractivity contribution is 0.363. The number of thiocarbonyl (C=S) groups is 1. The molecule has 3 nitrogen and oxygen atoms in total. The van der Waals surface area contributed by atoms with E-state index in [2.05, 4.69) is 48.4 Å². The molecule has 2 rings (SSSR count). The van der Waals surface area contributed by atoms with Crippen LogP contribution >= 0.6 is 24.0 Å². The lowest BCUT2D eigenvalue weighted by atomic mass is 10.2. The van der Waals surface area contributed by atoms with Gasteiger partial charge in [0.2, 0.25) is 0 Å². The van der Waals surface area contributed by atoms with Crippen molar-refractivity contribution < 1.29 is 4.74 Å². The van der Waals surface area contributed by atoms with Gasteiger partial charge in [-0.05, 0) is 36.8 Å². The van der Waals surface area contributed by atoms with E-state index in [0.717, 1.165) is 29.5 Å². The van der Waals surface area contributed by atoms with Crippen LogP contribution < -0.4 is 15.4 Å². The molecule has 2 N–H and O–H groups in total. The normalized spacial score (nSPS) is 10.1. The molecule has 0 atom stereocenters. The van der Waals surface area contributed by atoms with Crippen molar-refractivity contribution in [3.63, 3.8) is 0 Å². The van der Waals surface area contributed by atoms with Gasteiger partial charge in [0.05, 0.1) is 0 Å². The third-order valence-corrected chi connectivity index (χ3v) is 4.66. The van der Waals surface area contributed by atoms with Gasteiger partial charge < -0.3 is 15.4 Å². The first-order chi connectivity index (χ1) is 12.2. The van der Waals surface area contributed by atoms with Crippen molar-refractivity contribution in [1.29, 1.82) is 0 Å².